The van der Waals surface area contributed by atoms with Crippen LogP contribution < -0.4 is 16.0 Å². The van der Waals surface area contributed by atoms with Gasteiger partial charge in [0.15, 0.2) is 0 Å². The second-order valence-electron chi connectivity index (χ2n) is 9.77. The number of benzene rings is 1. The quantitative estimate of drug-likeness (QED) is 0.463. The van der Waals surface area contributed by atoms with Crippen LogP contribution >= 0.6 is 0 Å². The van der Waals surface area contributed by atoms with Gasteiger partial charge in [0.05, 0.1) is 6.04 Å². The van der Waals surface area contributed by atoms with Gasteiger partial charge in [0.25, 0.3) is 0 Å². The summed E-state index contributed by atoms with van der Waals surface area (Å²) in [5.41, 5.74) is -0.431. The molecule has 1 rings (SSSR count). The number of alkyl carbamates (subject to hydrolysis) is 3. The summed E-state index contributed by atoms with van der Waals surface area (Å²) in [4.78, 5) is 36.6. The van der Waals surface area contributed by atoms with Crippen LogP contribution in [0.1, 0.15) is 66.9 Å². The van der Waals surface area contributed by atoms with Crippen molar-refractivity contribution < 1.29 is 28.6 Å². The molecule has 0 spiro atoms. The topological polar surface area (TPSA) is 115 Å². The van der Waals surface area contributed by atoms with Gasteiger partial charge in [-0.1, -0.05) is 37.3 Å². The van der Waals surface area contributed by atoms with Crippen molar-refractivity contribution in [3.63, 3.8) is 0 Å². The molecule has 0 fully saturated rings. The molecule has 1 aromatic rings. The Hall–Kier alpha value is -2.97. The summed E-state index contributed by atoms with van der Waals surface area (Å²) in [6.07, 6.45) is -0.805. The van der Waals surface area contributed by atoms with Gasteiger partial charge in [0.1, 0.15) is 17.8 Å². The standard InChI is InChI=1S/C24H39N3O6/c1-8-18(26-21(29)32-23(2,3)4)14-19(27-22(30)33-24(5,6)7)15-25-20(28)31-16-17-12-10-9-11-13-17/h9-13,18-19H,8,14-16H2,1-7H3,(H,25,28)(H,26,29)(H,27,30)/t18-,19-/m1/s1. The van der Waals surface area contributed by atoms with Crippen molar-refractivity contribution >= 4 is 18.3 Å². The molecule has 2 atom stereocenters. The van der Waals surface area contributed by atoms with E-state index in [1.807, 2.05) is 37.3 Å². The maximum absolute atomic E-state index is 12.3. The molecule has 0 aromatic heterocycles. The summed E-state index contributed by atoms with van der Waals surface area (Å²) in [7, 11) is 0. The Labute approximate surface area is 196 Å². The molecular weight excluding hydrogens is 426 g/mol. The highest BCUT2D eigenvalue weighted by atomic mass is 16.6. The van der Waals surface area contributed by atoms with Crippen molar-refractivity contribution in [3.05, 3.63) is 35.9 Å². The van der Waals surface area contributed by atoms with Crippen molar-refractivity contribution in [3.8, 4) is 0 Å². The van der Waals surface area contributed by atoms with Crippen LogP contribution in [-0.2, 0) is 20.8 Å². The zero-order valence-electron chi connectivity index (χ0n) is 20.8. The largest absolute Gasteiger partial charge is 0.445 e. The Morgan fingerprint density at radius 3 is 1.82 bits per heavy atom. The van der Waals surface area contributed by atoms with Gasteiger partial charge in [-0.25, -0.2) is 14.4 Å². The van der Waals surface area contributed by atoms with Gasteiger partial charge in [-0.2, -0.15) is 0 Å². The molecule has 186 valence electrons. The Morgan fingerprint density at radius 1 is 0.818 bits per heavy atom. The highest BCUT2D eigenvalue weighted by Gasteiger charge is 2.25. The number of carbonyl (C=O) groups is 3. The Balaban J connectivity index is 2.71. The number of amides is 3. The van der Waals surface area contributed by atoms with E-state index >= 15 is 0 Å². The smallest absolute Gasteiger partial charge is 0.407 e. The molecule has 9 heteroatoms. The molecule has 0 aliphatic rings. The number of rotatable bonds is 9. The number of hydrogen-bond acceptors (Lipinski definition) is 6. The first-order valence-corrected chi connectivity index (χ1v) is 11.2. The maximum atomic E-state index is 12.3. The van der Waals surface area contributed by atoms with Gasteiger partial charge >= 0.3 is 18.3 Å². The molecule has 0 bridgehead atoms. The van der Waals surface area contributed by atoms with Crippen molar-refractivity contribution in [1.29, 1.82) is 0 Å². The fourth-order valence-corrected chi connectivity index (χ4v) is 2.79. The third-order valence-corrected chi connectivity index (χ3v) is 4.21. The Kier molecular flexibility index (Phi) is 11.0. The van der Waals surface area contributed by atoms with E-state index in [1.165, 1.54) is 0 Å². The lowest BCUT2D eigenvalue weighted by Gasteiger charge is -2.27. The van der Waals surface area contributed by atoms with Crippen LogP contribution in [-0.4, -0.2) is 48.1 Å². The summed E-state index contributed by atoms with van der Waals surface area (Å²) >= 11 is 0. The van der Waals surface area contributed by atoms with E-state index < -0.39 is 35.5 Å². The van der Waals surface area contributed by atoms with E-state index in [0.29, 0.717) is 12.8 Å². The van der Waals surface area contributed by atoms with Gasteiger partial charge < -0.3 is 30.2 Å². The molecule has 0 aliphatic carbocycles. The fourth-order valence-electron chi connectivity index (χ4n) is 2.79. The summed E-state index contributed by atoms with van der Waals surface area (Å²) < 4.78 is 15.9. The molecule has 0 aliphatic heterocycles. The zero-order valence-corrected chi connectivity index (χ0v) is 20.8. The Morgan fingerprint density at radius 2 is 1.33 bits per heavy atom. The molecule has 0 radical (unpaired) electrons. The average molecular weight is 466 g/mol. The summed E-state index contributed by atoms with van der Waals surface area (Å²) in [6.45, 7) is 12.8. The molecule has 3 amide bonds. The minimum atomic E-state index is -0.671. The van der Waals surface area contributed by atoms with Gasteiger partial charge in [-0.3, -0.25) is 0 Å². The first-order chi connectivity index (χ1) is 15.3. The lowest BCUT2D eigenvalue weighted by Crippen LogP contribution is -2.49. The Bertz CT molecular complexity index is 756. The second kappa shape index (κ2) is 12.9. The van der Waals surface area contributed by atoms with Crippen LogP contribution in [0.25, 0.3) is 0 Å². The van der Waals surface area contributed by atoms with Crippen LogP contribution in [0.3, 0.4) is 0 Å². The third-order valence-electron chi connectivity index (χ3n) is 4.21. The number of ether oxygens (including phenoxy) is 3. The molecule has 1 aromatic carbocycles. The lowest BCUT2D eigenvalue weighted by molar-refractivity contribution is 0.0480. The molecular formula is C24H39N3O6. The summed E-state index contributed by atoms with van der Waals surface area (Å²) in [5.74, 6) is 0. The van der Waals surface area contributed by atoms with Crippen LogP contribution in [0.5, 0.6) is 0 Å². The van der Waals surface area contributed by atoms with Gasteiger partial charge in [-0.05, 0) is 59.9 Å². The number of carbonyl (C=O) groups excluding carboxylic acids is 3. The van der Waals surface area contributed by atoms with E-state index in [4.69, 9.17) is 14.2 Å². The third kappa shape index (κ3) is 13.9. The van der Waals surface area contributed by atoms with Gasteiger partial charge in [0.2, 0.25) is 0 Å². The maximum Gasteiger partial charge on any atom is 0.407 e. The number of hydrogen-bond donors (Lipinski definition) is 3. The predicted octanol–water partition coefficient (Wildman–Crippen LogP) is 4.50. The second-order valence-corrected chi connectivity index (χ2v) is 9.77. The van der Waals surface area contributed by atoms with E-state index in [9.17, 15) is 14.4 Å². The molecule has 0 unspecified atom stereocenters. The van der Waals surface area contributed by atoms with E-state index in [1.54, 1.807) is 41.5 Å². The first kappa shape index (κ1) is 28.1. The molecule has 0 saturated heterocycles. The zero-order chi connectivity index (χ0) is 25.1. The van der Waals surface area contributed by atoms with Crippen LogP contribution in [0, 0.1) is 0 Å². The van der Waals surface area contributed by atoms with E-state index in [0.717, 1.165) is 5.56 Å². The predicted molar refractivity (Wildman–Crippen MR) is 126 cm³/mol. The highest BCUT2D eigenvalue weighted by Crippen LogP contribution is 2.11. The van der Waals surface area contributed by atoms with Crippen molar-refractivity contribution in [2.75, 3.05) is 6.54 Å². The summed E-state index contributed by atoms with van der Waals surface area (Å²) in [5, 5.41) is 8.24. The summed E-state index contributed by atoms with van der Waals surface area (Å²) in [6, 6.07) is 8.51. The molecule has 9 nitrogen and oxygen atoms in total. The normalized spacial score (nSPS) is 13.3. The van der Waals surface area contributed by atoms with E-state index in [-0.39, 0.29) is 19.2 Å². The highest BCUT2D eigenvalue weighted by molar-refractivity contribution is 5.70. The monoisotopic (exact) mass is 465 g/mol. The van der Waals surface area contributed by atoms with Crippen LogP contribution in [0.15, 0.2) is 30.3 Å². The molecule has 0 heterocycles. The SMILES string of the molecule is CC[C@H](C[C@H](CNC(=O)OCc1ccccc1)NC(=O)OC(C)(C)C)NC(=O)OC(C)(C)C. The molecule has 0 saturated carbocycles. The first-order valence-electron chi connectivity index (χ1n) is 11.2. The number of nitrogens with one attached hydrogen (secondary N) is 3. The average Bonchev–Trinajstić information content (AvgIpc) is 2.67. The minimum absolute atomic E-state index is 0.0966. The van der Waals surface area contributed by atoms with Crippen molar-refractivity contribution in [1.82, 2.24) is 16.0 Å². The minimum Gasteiger partial charge on any atom is -0.445 e. The van der Waals surface area contributed by atoms with Crippen LogP contribution in [0.4, 0.5) is 14.4 Å². The van der Waals surface area contributed by atoms with Crippen molar-refractivity contribution in [2.24, 2.45) is 0 Å². The molecule has 3 N–H and O–H groups in total. The van der Waals surface area contributed by atoms with Gasteiger partial charge in [0, 0.05) is 12.6 Å². The fraction of sp³-hybridized carbons (Fsp3) is 0.625. The van der Waals surface area contributed by atoms with Gasteiger partial charge in [-0.15, -0.1) is 0 Å². The molecule has 33 heavy (non-hydrogen) atoms. The van der Waals surface area contributed by atoms with Crippen LogP contribution in [0.2, 0.25) is 0 Å². The van der Waals surface area contributed by atoms with Crippen molar-refractivity contribution in [2.45, 2.75) is 91.2 Å². The van der Waals surface area contributed by atoms with E-state index in [2.05, 4.69) is 16.0 Å². The lowest BCUT2D eigenvalue weighted by atomic mass is 10.0.